The smallest absolute Gasteiger partial charge is 0.691 e. The Labute approximate surface area is 157 Å². The van der Waals surface area contributed by atoms with E-state index in [1.54, 1.807) is 26.0 Å². The Morgan fingerprint density at radius 3 is 2.30 bits per heavy atom. The third kappa shape index (κ3) is 5.72. The summed E-state index contributed by atoms with van der Waals surface area (Å²) in [5.74, 6) is -0.881. The van der Waals surface area contributed by atoms with Crippen molar-refractivity contribution in [2.45, 2.75) is 25.2 Å². The fourth-order valence-electron chi connectivity index (χ4n) is 1.62. The average Bonchev–Trinajstić information content (AvgIpc) is 2.37. The molecule has 0 aliphatic carbocycles. The van der Waals surface area contributed by atoms with Gasteiger partial charge in [0, 0.05) is 21.3 Å². The second kappa shape index (κ2) is 10.3. The van der Waals surface area contributed by atoms with Crippen molar-refractivity contribution in [1.82, 2.24) is 0 Å². The van der Waals surface area contributed by atoms with Crippen LogP contribution in [0.4, 0.5) is 0 Å². The van der Waals surface area contributed by atoms with Gasteiger partial charge < -0.3 is 5.26 Å². The van der Waals surface area contributed by atoms with E-state index in [9.17, 15) is 14.8 Å². The maximum Gasteiger partial charge on any atom is 1.00 e. The van der Waals surface area contributed by atoms with Crippen LogP contribution < -0.4 is 34.8 Å². The Morgan fingerprint density at radius 1 is 1.30 bits per heavy atom. The van der Waals surface area contributed by atoms with Gasteiger partial charge in [0.05, 0.1) is 12.0 Å². The van der Waals surface area contributed by atoms with Gasteiger partial charge in [-0.15, -0.1) is 0 Å². The average molecular weight is 418 g/mol. The van der Waals surface area contributed by atoms with Crippen molar-refractivity contribution in [3.8, 4) is 0 Å². The molecule has 0 unspecified atom stereocenters. The topological polar surface area (TPSA) is 75.7 Å². The minimum Gasteiger partial charge on any atom is -0.691 e. The normalized spacial score (nSPS) is 10.0. The predicted octanol–water partition coefficient (Wildman–Crippen LogP) is -0.885. The van der Waals surface area contributed by atoms with Crippen molar-refractivity contribution < 1.29 is 53.8 Å². The molecular weight excluding hydrogens is 406 g/mol. The molecule has 0 radical (unpaired) electrons. The summed E-state index contributed by atoms with van der Waals surface area (Å²) in [6.45, 7) is 3.53. The van der Waals surface area contributed by atoms with E-state index in [-0.39, 0.29) is 36.0 Å². The van der Waals surface area contributed by atoms with Crippen LogP contribution in [-0.2, 0) is 14.2 Å². The van der Waals surface area contributed by atoms with Crippen LogP contribution in [0.2, 0.25) is 0 Å². The van der Waals surface area contributed by atoms with Gasteiger partial charge in [0.2, 0.25) is 11.6 Å². The van der Waals surface area contributed by atoms with E-state index in [1.807, 2.05) is 0 Å². The molecule has 0 bridgehead atoms. The molecule has 1 aromatic rings. The van der Waals surface area contributed by atoms with Crippen LogP contribution in [0.1, 0.15) is 27.9 Å². The zero-order valence-electron chi connectivity index (χ0n) is 11.4. The van der Waals surface area contributed by atoms with Gasteiger partial charge in [0.15, 0.2) is 0 Å². The number of aryl methyl sites for hydroxylation is 2. The molecule has 0 N–H and O–H groups in total. The van der Waals surface area contributed by atoms with Crippen molar-refractivity contribution >= 4 is 46.2 Å². The first-order valence-corrected chi connectivity index (χ1v) is 7.66. The Morgan fingerprint density at radius 2 is 1.85 bits per heavy atom. The molecule has 0 saturated heterocycles. The van der Waals surface area contributed by atoms with Crippen LogP contribution in [-0.4, -0.2) is 16.0 Å². The number of halogens is 1. The Kier molecular flexibility index (Phi) is 10.5. The first kappa shape index (κ1) is 20.5. The summed E-state index contributed by atoms with van der Waals surface area (Å²) in [6.07, 6.45) is 0.237. The second-order valence-corrected chi connectivity index (χ2v) is 5.64. The number of alkyl halides is 1. The molecule has 1 rings (SSSR count). The zero-order chi connectivity index (χ0) is 14.4. The second-order valence-electron chi connectivity index (χ2n) is 3.85. The number of hydrogen-bond donors (Lipinski definition) is 0. The molecule has 0 aromatic heterocycles. The molecule has 0 saturated carbocycles. The van der Waals surface area contributed by atoms with Gasteiger partial charge in [-0.1, -0.05) is 22.6 Å². The van der Waals surface area contributed by atoms with E-state index < -0.39 is 11.6 Å². The SMILES string of the molecule is Cc1cc(C(=O)C(=O)CCI)cc(C)c1SOO[O-].[Na+]. The van der Waals surface area contributed by atoms with Crippen LogP contribution in [0.25, 0.3) is 0 Å². The largest absolute Gasteiger partial charge is 1.00 e. The van der Waals surface area contributed by atoms with E-state index in [0.717, 1.165) is 23.2 Å². The fourth-order valence-corrected chi connectivity index (χ4v) is 2.59. The van der Waals surface area contributed by atoms with Gasteiger partial charge in [-0.3, -0.25) is 14.6 Å². The first-order valence-electron chi connectivity index (χ1n) is 5.39. The molecule has 0 amide bonds. The van der Waals surface area contributed by atoms with Gasteiger partial charge in [-0.05, 0) is 37.1 Å². The molecular formula is C12H12INaO5S. The van der Waals surface area contributed by atoms with Crippen LogP contribution in [0.15, 0.2) is 17.0 Å². The summed E-state index contributed by atoms with van der Waals surface area (Å²) in [4.78, 5) is 24.2. The molecule has 5 nitrogen and oxygen atoms in total. The summed E-state index contributed by atoms with van der Waals surface area (Å²) < 4.78 is 4.89. The summed E-state index contributed by atoms with van der Waals surface area (Å²) in [6, 6.07) is 3.22. The number of Topliss-reactive ketones (excluding diaryl/α,β-unsaturated/α-hetero) is 2. The number of carbonyl (C=O) groups excluding carboxylic acids is 2. The first-order chi connectivity index (χ1) is 9.01. The van der Waals surface area contributed by atoms with Gasteiger partial charge >= 0.3 is 29.6 Å². The summed E-state index contributed by atoms with van der Waals surface area (Å²) in [5, 5.41) is 13.1. The van der Waals surface area contributed by atoms with Gasteiger partial charge in [-0.25, -0.2) is 0 Å². The van der Waals surface area contributed by atoms with Crippen molar-refractivity contribution in [1.29, 1.82) is 0 Å². The maximum absolute atomic E-state index is 11.9. The molecule has 8 heteroatoms. The van der Waals surface area contributed by atoms with E-state index in [1.165, 1.54) is 0 Å². The quantitative estimate of drug-likeness (QED) is 0.0837. The third-order valence-electron chi connectivity index (χ3n) is 2.44. The van der Waals surface area contributed by atoms with Crippen LogP contribution in [0, 0.1) is 13.8 Å². The van der Waals surface area contributed by atoms with Crippen LogP contribution in [0.5, 0.6) is 0 Å². The van der Waals surface area contributed by atoms with Crippen molar-refractivity contribution in [3.63, 3.8) is 0 Å². The Hall–Kier alpha value is 0.520. The van der Waals surface area contributed by atoms with Crippen LogP contribution >= 0.6 is 34.6 Å². The molecule has 0 fully saturated rings. The van der Waals surface area contributed by atoms with E-state index >= 15 is 0 Å². The third-order valence-corrected chi connectivity index (χ3v) is 3.92. The monoisotopic (exact) mass is 418 g/mol. The number of benzene rings is 1. The maximum atomic E-state index is 11.9. The summed E-state index contributed by atoms with van der Waals surface area (Å²) in [5.41, 5.74) is 1.84. The van der Waals surface area contributed by atoms with E-state index in [2.05, 4.69) is 32.0 Å². The zero-order valence-corrected chi connectivity index (χ0v) is 16.4. The molecule has 0 aliphatic rings. The standard InChI is InChI=1S/C12H13IO5S.Na/c1-7-5-9(11(15)10(14)3-4-13)6-8(2)12(7)19-18-17-16;/h5-6,16H,3-4H2,1-2H3;/q;+1/p-1. The number of rotatable bonds is 7. The number of carbonyl (C=O) groups is 2. The van der Waals surface area contributed by atoms with Gasteiger partial charge in [0.25, 0.3) is 0 Å². The minimum atomic E-state index is -0.486. The number of ketones is 2. The summed E-state index contributed by atoms with van der Waals surface area (Å²) in [7, 11) is 0. The fraction of sp³-hybridized carbons (Fsp3) is 0.333. The van der Waals surface area contributed by atoms with Crippen molar-refractivity contribution in [2.24, 2.45) is 0 Å². The molecule has 0 atom stereocenters. The minimum absolute atomic E-state index is 0. The predicted molar refractivity (Wildman–Crippen MR) is 76.8 cm³/mol. The Balaban J connectivity index is 0.00000361. The summed E-state index contributed by atoms with van der Waals surface area (Å²) >= 11 is 2.83. The molecule has 0 aliphatic heterocycles. The molecule has 104 valence electrons. The van der Waals surface area contributed by atoms with Gasteiger partial charge in [-0.2, -0.15) is 4.33 Å². The molecule has 1 aromatic carbocycles. The Bertz CT molecular complexity index is 472. The number of hydrogen-bond acceptors (Lipinski definition) is 6. The van der Waals surface area contributed by atoms with Crippen molar-refractivity contribution in [2.75, 3.05) is 4.43 Å². The van der Waals surface area contributed by atoms with E-state index in [0.29, 0.717) is 14.9 Å². The van der Waals surface area contributed by atoms with E-state index in [4.69, 9.17) is 0 Å². The van der Waals surface area contributed by atoms with Crippen LogP contribution in [0.3, 0.4) is 0 Å². The molecule has 0 heterocycles. The molecule has 20 heavy (non-hydrogen) atoms. The molecule has 0 spiro atoms. The van der Waals surface area contributed by atoms with Gasteiger partial charge in [0.1, 0.15) is 0 Å². The van der Waals surface area contributed by atoms with Crippen molar-refractivity contribution in [3.05, 3.63) is 28.8 Å².